The zero-order chi connectivity index (χ0) is 20.4. The quantitative estimate of drug-likeness (QED) is 0.658. The molecule has 2 aromatic carbocycles. The number of carboxylic acids is 1. The summed E-state index contributed by atoms with van der Waals surface area (Å²) in [5, 5.41) is 9.31. The number of piperidine rings is 1. The average Bonchev–Trinajstić information content (AvgIpc) is 3.05. The predicted octanol–water partition coefficient (Wildman–Crippen LogP) is 4.00. The maximum atomic E-state index is 13.5. The Labute approximate surface area is 167 Å². The molecule has 4 rings (SSSR count). The molecule has 29 heavy (non-hydrogen) atoms. The van der Waals surface area contributed by atoms with E-state index in [1.165, 1.54) is 24.3 Å². The van der Waals surface area contributed by atoms with Gasteiger partial charge in [0.1, 0.15) is 17.5 Å². The molecular weight excluding hydrogens is 376 g/mol. The molecule has 2 atom stereocenters. The Bertz CT molecular complexity index is 1020. The number of likely N-dealkylation sites (tertiary alicyclic amines) is 1. The molecule has 0 saturated carbocycles. The van der Waals surface area contributed by atoms with Crippen molar-refractivity contribution >= 4 is 17.0 Å². The standard InChI is InChI=1S/C22H23F2N3O2/c23-17-3-1-2-14(8-17)12-27-7-6-15(10-22(28)29)16(13-27)9-21-25-19-5-4-18(24)11-20(19)26-21/h1-5,8,11,15-16H,6-7,9-10,12-13H2,(H,25,26)(H,28,29)/t15-,16-/m0/s1. The molecule has 2 N–H and O–H groups in total. The Hall–Kier alpha value is -2.80. The van der Waals surface area contributed by atoms with Crippen LogP contribution < -0.4 is 0 Å². The topological polar surface area (TPSA) is 69.2 Å². The van der Waals surface area contributed by atoms with Crippen molar-refractivity contribution in [3.63, 3.8) is 0 Å². The van der Waals surface area contributed by atoms with Gasteiger partial charge in [-0.25, -0.2) is 13.8 Å². The molecule has 1 saturated heterocycles. The lowest BCUT2D eigenvalue weighted by atomic mass is 9.81. The highest BCUT2D eigenvalue weighted by molar-refractivity contribution is 5.74. The fourth-order valence-electron chi connectivity index (χ4n) is 4.30. The van der Waals surface area contributed by atoms with Crippen molar-refractivity contribution in [2.45, 2.75) is 25.8 Å². The summed E-state index contributed by atoms with van der Waals surface area (Å²) in [7, 11) is 0. The first kappa shape index (κ1) is 19.5. The van der Waals surface area contributed by atoms with E-state index in [1.54, 1.807) is 12.1 Å². The van der Waals surface area contributed by atoms with E-state index in [9.17, 15) is 18.7 Å². The first-order valence-corrected chi connectivity index (χ1v) is 9.79. The smallest absolute Gasteiger partial charge is 0.303 e. The number of benzene rings is 2. The number of imidazole rings is 1. The molecule has 1 fully saturated rings. The van der Waals surface area contributed by atoms with Gasteiger partial charge in [0.15, 0.2) is 0 Å². The van der Waals surface area contributed by atoms with Crippen molar-refractivity contribution in [2.24, 2.45) is 11.8 Å². The number of hydrogen-bond donors (Lipinski definition) is 2. The number of carboxylic acid groups (broad SMARTS) is 1. The van der Waals surface area contributed by atoms with Crippen LogP contribution >= 0.6 is 0 Å². The van der Waals surface area contributed by atoms with Crippen LogP contribution in [0.4, 0.5) is 8.78 Å². The van der Waals surface area contributed by atoms with Crippen LogP contribution in [0.5, 0.6) is 0 Å². The highest BCUT2D eigenvalue weighted by Gasteiger charge is 2.31. The molecule has 0 spiro atoms. The lowest BCUT2D eigenvalue weighted by Crippen LogP contribution is -2.41. The third-order valence-electron chi connectivity index (χ3n) is 5.66. The number of aromatic amines is 1. The minimum atomic E-state index is -0.801. The van der Waals surface area contributed by atoms with E-state index in [2.05, 4.69) is 14.9 Å². The summed E-state index contributed by atoms with van der Waals surface area (Å²) in [5.74, 6) is -0.506. The van der Waals surface area contributed by atoms with Crippen LogP contribution in [-0.4, -0.2) is 39.0 Å². The number of aromatic nitrogens is 2. The van der Waals surface area contributed by atoms with E-state index in [4.69, 9.17) is 0 Å². The number of halogens is 2. The molecule has 0 aliphatic carbocycles. The van der Waals surface area contributed by atoms with E-state index in [-0.39, 0.29) is 29.9 Å². The van der Waals surface area contributed by atoms with Gasteiger partial charge in [0.25, 0.3) is 0 Å². The molecule has 5 nitrogen and oxygen atoms in total. The molecule has 1 aliphatic rings. The molecular formula is C22H23F2N3O2. The van der Waals surface area contributed by atoms with Gasteiger partial charge in [0, 0.05) is 25.9 Å². The van der Waals surface area contributed by atoms with Gasteiger partial charge in [-0.2, -0.15) is 0 Å². The van der Waals surface area contributed by atoms with Crippen molar-refractivity contribution in [2.75, 3.05) is 13.1 Å². The molecule has 1 aromatic heterocycles. The van der Waals surface area contributed by atoms with Gasteiger partial charge in [-0.15, -0.1) is 0 Å². The summed E-state index contributed by atoms with van der Waals surface area (Å²) in [6, 6.07) is 11.0. The number of aliphatic carboxylic acids is 1. The van der Waals surface area contributed by atoms with Gasteiger partial charge in [-0.05, 0) is 60.7 Å². The maximum Gasteiger partial charge on any atom is 0.303 e. The fourth-order valence-corrected chi connectivity index (χ4v) is 4.30. The largest absolute Gasteiger partial charge is 0.481 e. The number of H-pyrrole nitrogens is 1. The van der Waals surface area contributed by atoms with Crippen molar-refractivity contribution in [3.8, 4) is 0 Å². The van der Waals surface area contributed by atoms with Crippen molar-refractivity contribution < 1.29 is 18.7 Å². The van der Waals surface area contributed by atoms with Crippen molar-refractivity contribution in [1.82, 2.24) is 14.9 Å². The van der Waals surface area contributed by atoms with E-state index in [0.717, 1.165) is 24.4 Å². The van der Waals surface area contributed by atoms with Gasteiger partial charge >= 0.3 is 5.97 Å². The fraction of sp³-hybridized carbons (Fsp3) is 0.364. The van der Waals surface area contributed by atoms with Crippen LogP contribution in [0.2, 0.25) is 0 Å². The van der Waals surface area contributed by atoms with Crippen LogP contribution in [0.3, 0.4) is 0 Å². The lowest BCUT2D eigenvalue weighted by Gasteiger charge is -2.38. The highest BCUT2D eigenvalue weighted by atomic mass is 19.1. The Morgan fingerprint density at radius 3 is 2.79 bits per heavy atom. The van der Waals surface area contributed by atoms with Crippen LogP contribution in [0, 0.1) is 23.5 Å². The SMILES string of the molecule is O=C(O)C[C@@H]1CCN(Cc2cccc(F)c2)C[C@@H]1Cc1nc2ccc(F)cc2[nH]1. The number of rotatable bonds is 6. The van der Waals surface area contributed by atoms with Gasteiger partial charge in [0.2, 0.25) is 0 Å². The van der Waals surface area contributed by atoms with Crippen LogP contribution in [0.25, 0.3) is 11.0 Å². The molecule has 1 aliphatic heterocycles. The Morgan fingerprint density at radius 1 is 1.17 bits per heavy atom. The summed E-state index contributed by atoms with van der Waals surface area (Å²) in [6.45, 7) is 2.11. The molecule has 0 amide bonds. The Morgan fingerprint density at radius 2 is 2.00 bits per heavy atom. The molecule has 152 valence electrons. The third kappa shape index (κ3) is 4.79. The van der Waals surface area contributed by atoms with Gasteiger partial charge in [-0.3, -0.25) is 9.69 Å². The monoisotopic (exact) mass is 399 g/mol. The van der Waals surface area contributed by atoms with E-state index in [0.29, 0.717) is 30.5 Å². The molecule has 3 aromatic rings. The summed E-state index contributed by atoms with van der Waals surface area (Å²) >= 11 is 0. The second-order valence-corrected chi connectivity index (χ2v) is 7.82. The molecule has 0 radical (unpaired) electrons. The number of nitrogens with one attached hydrogen (secondary N) is 1. The van der Waals surface area contributed by atoms with E-state index >= 15 is 0 Å². The number of fused-ring (bicyclic) bond motifs is 1. The predicted molar refractivity (Wildman–Crippen MR) is 105 cm³/mol. The molecule has 0 bridgehead atoms. The second kappa shape index (κ2) is 8.29. The van der Waals surface area contributed by atoms with Gasteiger partial charge in [-0.1, -0.05) is 12.1 Å². The molecule has 2 heterocycles. The van der Waals surface area contributed by atoms with E-state index in [1.807, 2.05) is 6.07 Å². The number of nitrogens with zero attached hydrogens (tertiary/aromatic N) is 2. The molecule has 0 unspecified atom stereocenters. The lowest BCUT2D eigenvalue weighted by molar-refractivity contribution is -0.139. The number of hydrogen-bond acceptors (Lipinski definition) is 3. The summed E-state index contributed by atoms with van der Waals surface area (Å²) in [6.07, 6.45) is 1.47. The highest BCUT2D eigenvalue weighted by Crippen LogP contribution is 2.30. The second-order valence-electron chi connectivity index (χ2n) is 7.82. The van der Waals surface area contributed by atoms with Crippen molar-refractivity contribution in [3.05, 3.63) is 65.5 Å². The third-order valence-corrected chi connectivity index (χ3v) is 5.66. The minimum Gasteiger partial charge on any atom is -0.481 e. The van der Waals surface area contributed by atoms with E-state index < -0.39 is 5.97 Å². The van der Waals surface area contributed by atoms with Crippen LogP contribution in [0.1, 0.15) is 24.2 Å². The zero-order valence-electron chi connectivity index (χ0n) is 15.9. The maximum absolute atomic E-state index is 13.5. The van der Waals surface area contributed by atoms with Crippen molar-refractivity contribution in [1.29, 1.82) is 0 Å². The minimum absolute atomic E-state index is 0.0428. The zero-order valence-corrected chi connectivity index (χ0v) is 15.9. The summed E-state index contributed by atoms with van der Waals surface area (Å²) < 4.78 is 26.9. The Balaban J connectivity index is 1.51. The first-order chi connectivity index (χ1) is 14.0. The summed E-state index contributed by atoms with van der Waals surface area (Å²) in [5.41, 5.74) is 2.24. The summed E-state index contributed by atoms with van der Waals surface area (Å²) in [4.78, 5) is 21.3. The van der Waals surface area contributed by atoms with Gasteiger partial charge in [0.05, 0.1) is 11.0 Å². The normalized spacial score (nSPS) is 20.2. The number of carbonyl (C=O) groups is 1. The Kier molecular flexibility index (Phi) is 5.58. The molecule has 7 heteroatoms. The first-order valence-electron chi connectivity index (χ1n) is 9.79. The average molecular weight is 399 g/mol. The van der Waals surface area contributed by atoms with Crippen LogP contribution in [-0.2, 0) is 17.8 Å². The van der Waals surface area contributed by atoms with Gasteiger partial charge < -0.3 is 10.1 Å². The van der Waals surface area contributed by atoms with Crippen LogP contribution in [0.15, 0.2) is 42.5 Å².